The van der Waals surface area contributed by atoms with E-state index in [4.69, 9.17) is 10.5 Å². The van der Waals surface area contributed by atoms with E-state index >= 15 is 0 Å². The number of nitrogens with two attached hydrogens (primary N) is 1. The molecule has 0 unspecified atom stereocenters. The van der Waals surface area contributed by atoms with E-state index in [-0.39, 0.29) is 10.6 Å². The SMILES string of the molecule is CCN(CC)CCOc1cccc(S(C)(=O)=O)c1N. The van der Waals surface area contributed by atoms with E-state index in [9.17, 15) is 8.42 Å². The molecule has 0 amide bonds. The lowest BCUT2D eigenvalue weighted by Gasteiger charge is -2.18. The number of anilines is 1. The average Bonchev–Trinajstić information content (AvgIpc) is 2.35. The summed E-state index contributed by atoms with van der Waals surface area (Å²) in [6.45, 7) is 7.36. The van der Waals surface area contributed by atoms with E-state index < -0.39 is 9.84 Å². The Morgan fingerprint density at radius 2 is 1.89 bits per heavy atom. The van der Waals surface area contributed by atoms with Crippen LogP contribution in [-0.2, 0) is 9.84 Å². The van der Waals surface area contributed by atoms with Crippen molar-refractivity contribution < 1.29 is 13.2 Å². The predicted molar refractivity (Wildman–Crippen MR) is 77.2 cm³/mol. The molecule has 0 heterocycles. The van der Waals surface area contributed by atoms with Crippen molar-refractivity contribution in [3.63, 3.8) is 0 Å². The van der Waals surface area contributed by atoms with Crippen molar-refractivity contribution in [1.29, 1.82) is 0 Å². The zero-order valence-corrected chi connectivity index (χ0v) is 12.5. The molecular formula is C13H22N2O3S. The number of hydrogen-bond acceptors (Lipinski definition) is 5. The molecule has 0 aliphatic rings. The van der Waals surface area contributed by atoms with Gasteiger partial charge in [0.05, 0.1) is 10.6 Å². The Kier molecular flexibility index (Phi) is 5.62. The van der Waals surface area contributed by atoms with Gasteiger partial charge < -0.3 is 15.4 Å². The molecule has 0 atom stereocenters. The number of benzene rings is 1. The highest BCUT2D eigenvalue weighted by atomic mass is 32.2. The molecule has 0 bridgehead atoms. The van der Waals surface area contributed by atoms with Crippen LogP contribution in [0.25, 0.3) is 0 Å². The first-order valence-electron chi connectivity index (χ1n) is 6.33. The first-order valence-corrected chi connectivity index (χ1v) is 8.23. The monoisotopic (exact) mass is 286 g/mol. The van der Waals surface area contributed by atoms with Crippen LogP contribution in [-0.4, -0.2) is 45.8 Å². The van der Waals surface area contributed by atoms with Crippen molar-refractivity contribution in [3.8, 4) is 5.75 Å². The van der Waals surface area contributed by atoms with Crippen LogP contribution in [0.5, 0.6) is 5.75 Å². The largest absolute Gasteiger partial charge is 0.490 e. The highest BCUT2D eigenvalue weighted by molar-refractivity contribution is 7.90. The second kappa shape index (κ2) is 6.77. The van der Waals surface area contributed by atoms with E-state index in [1.807, 2.05) is 0 Å². The van der Waals surface area contributed by atoms with E-state index in [0.717, 1.165) is 25.9 Å². The van der Waals surface area contributed by atoms with Crippen LogP contribution >= 0.6 is 0 Å². The molecule has 6 heteroatoms. The Morgan fingerprint density at radius 1 is 1.26 bits per heavy atom. The maximum Gasteiger partial charge on any atom is 0.177 e. The van der Waals surface area contributed by atoms with Crippen LogP contribution in [0.1, 0.15) is 13.8 Å². The Balaban J connectivity index is 2.75. The smallest absolute Gasteiger partial charge is 0.177 e. The second-order valence-electron chi connectivity index (χ2n) is 4.32. The number of nitrogens with zero attached hydrogens (tertiary/aromatic N) is 1. The zero-order chi connectivity index (χ0) is 14.5. The maximum absolute atomic E-state index is 11.5. The van der Waals surface area contributed by atoms with Gasteiger partial charge in [0.2, 0.25) is 0 Å². The van der Waals surface area contributed by atoms with Gasteiger partial charge in [-0.05, 0) is 25.2 Å². The molecular weight excluding hydrogens is 264 g/mol. The Hall–Kier alpha value is -1.27. The summed E-state index contributed by atoms with van der Waals surface area (Å²) in [6, 6.07) is 4.81. The fraction of sp³-hybridized carbons (Fsp3) is 0.538. The number of para-hydroxylation sites is 1. The first kappa shape index (κ1) is 15.8. The van der Waals surface area contributed by atoms with Crippen molar-refractivity contribution in [2.75, 3.05) is 38.2 Å². The second-order valence-corrected chi connectivity index (χ2v) is 6.30. The molecule has 0 aromatic heterocycles. The third-order valence-corrected chi connectivity index (χ3v) is 4.14. The van der Waals surface area contributed by atoms with Crippen molar-refractivity contribution in [2.45, 2.75) is 18.7 Å². The summed E-state index contributed by atoms with van der Waals surface area (Å²) in [5.41, 5.74) is 6.02. The lowest BCUT2D eigenvalue weighted by Crippen LogP contribution is -2.28. The standard InChI is InChI=1S/C13H22N2O3S/c1-4-15(5-2)9-10-18-11-7-6-8-12(13(11)14)19(3,16)17/h6-8H,4-5,9-10,14H2,1-3H3. The molecule has 0 saturated carbocycles. The highest BCUT2D eigenvalue weighted by Crippen LogP contribution is 2.28. The molecule has 0 fully saturated rings. The molecule has 1 rings (SSSR count). The third kappa shape index (κ3) is 4.40. The van der Waals surface area contributed by atoms with Gasteiger partial charge in [-0.25, -0.2) is 8.42 Å². The molecule has 19 heavy (non-hydrogen) atoms. The molecule has 1 aromatic rings. The van der Waals surface area contributed by atoms with Gasteiger partial charge in [-0.15, -0.1) is 0 Å². The summed E-state index contributed by atoms with van der Waals surface area (Å²) in [5, 5.41) is 0. The van der Waals surface area contributed by atoms with Crippen LogP contribution in [0.15, 0.2) is 23.1 Å². The van der Waals surface area contributed by atoms with Gasteiger partial charge in [0, 0.05) is 12.8 Å². The fourth-order valence-corrected chi connectivity index (χ4v) is 2.62. The summed E-state index contributed by atoms with van der Waals surface area (Å²) in [5.74, 6) is 0.426. The molecule has 1 aromatic carbocycles. The molecule has 0 aliphatic carbocycles. The number of nitrogen functional groups attached to an aromatic ring is 1. The fourth-order valence-electron chi connectivity index (χ4n) is 1.80. The number of hydrogen-bond donors (Lipinski definition) is 1. The van der Waals surface area contributed by atoms with Gasteiger partial charge in [0.15, 0.2) is 9.84 Å². The Morgan fingerprint density at radius 3 is 2.42 bits per heavy atom. The van der Waals surface area contributed by atoms with Crippen LogP contribution < -0.4 is 10.5 Å². The Bertz CT molecular complexity index is 511. The molecule has 0 aliphatic heterocycles. The maximum atomic E-state index is 11.5. The number of rotatable bonds is 7. The average molecular weight is 286 g/mol. The molecule has 108 valence electrons. The van der Waals surface area contributed by atoms with Crippen LogP contribution in [0.4, 0.5) is 5.69 Å². The van der Waals surface area contributed by atoms with E-state index in [1.165, 1.54) is 6.07 Å². The van der Waals surface area contributed by atoms with Crippen LogP contribution in [0.3, 0.4) is 0 Å². The number of ether oxygens (including phenoxy) is 1. The van der Waals surface area contributed by atoms with Crippen LogP contribution in [0, 0.1) is 0 Å². The van der Waals surface area contributed by atoms with Crippen molar-refractivity contribution in [2.24, 2.45) is 0 Å². The van der Waals surface area contributed by atoms with E-state index in [0.29, 0.717) is 12.4 Å². The molecule has 2 N–H and O–H groups in total. The molecule has 0 spiro atoms. The topological polar surface area (TPSA) is 72.6 Å². The summed E-state index contributed by atoms with van der Waals surface area (Å²) in [4.78, 5) is 2.34. The lowest BCUT2D eigenvalue weighted by molar-refractivity contribution is 0.223. The molecule has 0 radical (unpaired) electrons. The third-order valence-electron chi connectivity index (χ3n) is 2.99. The van der Waals surface area contributed by atoms with Gasteiger partial charge in [0.1, 0.15) is 12.4 Å². The minimum atomic E-state index is -3.32. The Labute approximate surface area is 115 Å². The minimum Gasteiger partial charge on any atom is -0.490 e. The van der Waals surface area contributed by atoms with Crippen molar-refractivity contribution in [3.05, 3.63) is 18.2 Å². The number of likely N-dealkylation sites (N-methyl/N-ethyl adjacent to an activating group) is 1. The summed E-state index contributed by atoms with van der Waals surface area (Å²) in [7, 11) is -3.32. The number of sulfone groups is 1. The van der Waals surface area contributed by atoms with Gasteiger partial charge in [-0.2, -0.15) is 0 Å². The van der Waals surface area contributed by atoms with E-state index in [2.05, 4.69) is 18.7 Å². The van der Waals surface area contributed by atoms with E-state index in [1.54, 1.807) is 12.1 Å². The normalized spacial score (nSPS) is 11.8. The van der Waals surface area contributed by atoms with Gasteiger partial charge in [-0.1, -0.05) is 19.9 Å². The van der Waals surface area contributed by atoms with Gasteiger partial charge in [-0.3, -0.25) is 0 Å². The minimum absolute atomic E-state index is 0.118. The first-order chi connectivity index (χ1) is 8.90. The quantitative estimate of drug-likeness (QED) is 0.767. The van der Waals surface area contributed by atoms with Crippen molar-refractivity contribution >= 4 is 15.5 Å². The lowest BCUT2D eigenvalue weighted by atomic mass is 10.3. The summed E-state index contributed by atoms with van der Waals surface area (Å²) < 4.78 is 28.6. The van der Waals surface area contributed by atoms with Crippen LogP contribution in [0.2, 0.25) is 0 Å². The highest BCUT2D eigenvalue weighted by Gasteiger charge is 2.14. The zero-order valence-electron chi connectivity index (χ0n) is 11.7. The predicted octanol–water partition coefficient (Wildman–Crippen LogP) is 1.39. The van der Waals surface area contributed by atoms with Gasteiger partial charge >= 0.3 is 0 Å². The molecule has 0 saturated heterocycles. The summed E-state index contributed by atoms with van der Waals surface area (Å²) in [6.07, 6.45) is 1.14. The van der Waals surface area contributed by atoms with Crippen molar-refractivity contribution in [1.82, 2.24) is 4.90 Å². The summed E-state index contributed by atoms with van der Waals surface area (Å²) >= 11 is 0. The van der Waals surface area contributed by atoms with Gasteiger partial charge in [0.25, 0.3) is 0 Å². The molecule has 5 nitrogen and oxygen atoms in total.